The van der Waals surface area contributed by atoms with Gasteiger partial charge in [0.05, 0.1) is 0 Å². The maximum Gasteiger partial charge on any atom is 0.125 e. The van der Waals surface area contributed by atoms with Crippen LogP contribution in [0, 0.1) is 11.7 Å². The fraction of sp³-hybridized carbons (Fsp3) is 0.647. The number of hydrogen-bond acceptors (Lipinski definition) is 2. The molecule has 1 aliphatic heterocycles. The number of rotatable bonds is 7. The Morgan fingerprint density at radius 2 is 2.10 bits per heavy atom. The van der Waals surface area contributed by atoms with Gasteiger partial charge in [-0.25, -0.2) is 4.39 Å². The van der Waals surface area contributed by atoms with Gasteiger partial charge in [-0.1, -0.05) is 20.3 Å². The molecule has 1 saturated heterocycles. The molecule has 1 aromatic carbocycles. The van der Waals surface area contributed by atoms with Gasteiger partial charge in [-0.2, -0.15) is 0 Å². The van der Waals surface area contributed by atoms with Gasteiger partial charge in [-0.05, 0) is 55.5 Å². The van der Waals surface area contributed by atoms with E-state index in [4.69, 9.17) is 0 Å². The minimum atomic E-state index is -0.116. The van der Waals surface area contributed by atoms with Crippen molar-refractivity contribution in [3.05, 3.63) is 29.6 Å². The van der Waals surface area contributed by atoms with Gasteiger partial charge in [0.25, 0.3) is 0 Å². The summed E-state index contributed by atoms with van der Waals surface area (Å²) in [6.45, 7) is 8.26. The molecule has 1 fully saturated rings. The second kappa shape index (κ2) is 7.63. The summed E-state index contributed by atoms with van der Waals surface area (Å²) in [6, 6.07) is 5.46. The van der Waals surface area contributed by atoms with E-state index < -0.39 is 0 Å². The van der Waals surface area contributed by atoms with E-state index in [0.717, 1.165) is 49.8 Å². The molecule has 1 unspecified atom stereocenters. The Morgan fingerprint density at radius 3 is 2.85 bits per heavy atom. The molecular formula is C17H27FN2. The van der Waals surface area contributed by atoms with E-state index in [-0.39, 0.29) is 5.82 Å². The van der Waals surface area contributed by atoms with Crippen LogP contribution in [0.2, 0.25) is 0 Å². The highest BCUT2D eigenvalue weighted by molar-refractivity contribution is 5.50. The van der Waals surface area contributed by atoms with E-state index in [1.807, 2.05) is 0 Å². The molecule has 20 heavy (non-hydrogen) atoms. The summed E-state index contributed by atoms with van der Waals surface area (Å²) in [7, 11) is 0. The SMILES string of the molecule is CCCNCc1cc(F)cc(N2CCC(CCC)C2)c1. The largest absolute Gasteiger partial charge is 0.371 e. The van der Waals surface area contributed by atoms with Crippen molar-refractivity contribution in [2.24, 2.45) is 5.92 Å². The number of nitrogens with zero attached hydrogens (tertiary/aromatic N) is 1. The van der Waals surface area contributed by atoms with E-state index in [2.05, 4.69) is 30.1 Å². The average molecular weight is 278 g/mol. The van der Waals surface area contributed by atoms with Crippen LogP contribution in [0.5, 0.6) is 0 Å². The van der Waals surface area contributed by atoms with Crippen molar-refractivity contribution in [1.82, 2.24) is 5.32 Å². The molecule has 1 aliphatic rings. The summed E-state index contributed by atoms with van der Waals surface area (Å²) in [5.41, 5.74) is 2.10. The predicted octanol–water partition coefficient (Wildman–Crippen LogP) is 3.95. The summed E-state index contributed by atoms with van der Waals surface area (Å²) < 4.78 is 13.8. The third-order valence-electron chi connectivity index (χ3n) is 4.05. The van der Waals surface area contributed by atoms with E-state index in [9.17, 15) is 4.39 Å². The van der Waals surface area contributed by atoms with Crippen molar-refractivity contribution < 1.29 is 4.39 Å². The number of hydrogen-bond donors (Lipinski definition) is 1. The molecule has 1 heterocycles. The third-order valence-corrected chi connectivity index (χ3v) is 4.05. The molecule has 1 atom stereocenters. The summed E-state index contributed by atoms with van der Waals surface area (Å²) in [5.74, 6) is 0.666. The molecule has 0 amide bonds. The minimum Gasteiger partial charge on any atom is -0.371 e. The van der Waals surface area contributed by atoms with Crippen LogP contribution in [-0.4, -0.2) is 19.6 Å². The smallest absolute Gasteiger partial charge is 0.125 e. The lowest BCUT2D eigenvalue weighted by molar-refractivity contribution is 0.529. The number of anilines is 1. The van der Waals surface area contributed by atoms with Gasteiger partial charge in [0.15, 0.2) is 0 Å². The Balaban J connectivity index is 2.00. The number of benzene rings is 1. The molecule has 2 nitrogen and oxygen atoms in total. The summed E-state index contributed by atoms with van der Waals surface area (Å²) in [6.07, 6.45) is 4.88. The Morgan fingerprint density at radius 1 is 1.25 bits per heavy atom. The molecule has 0 aromatic heterocycles. The summed E-state index contributed by atoms with van der Waals surface area (Å²) in [5, 5.41) is 3.34. The molecule has 0 bridgehead atoms. The molecule has 2 rings (SSSR count). The lowest BCUT2D eigenvalue weighted by Crippen LogP contribution is -2.20. The van der Waals surface area contributed by atoms with Crippen molar-refractivity contribution in [1.29, 1.82) is 0 Å². The van der Waals surface area contributed by atoms with Crippen molar-refractivity contribution >= 4 is 5.69 Å². The van der Waals surface area contributed by atoms with Crippen molar-refractivity contribution in [2.75, 3.05) is 24.5 Å². The molecule has 1 aromatic rings. The van der Waals surface area contributed by atoms with Crippen LogP contribution in [0.15, 0.2) is 18.2 Å². The van der Waals surface area contributed by atoms with Gasteiger partial charge >= 0.3 is 0 Å². The normalized spacial score (nSPS) is 18.8. The van der Waals surface area contributed by atoms with E-state index in [0.29, 0.717) is 0 Å². The standard InChI is InChI=1S/C17H27FN2/c1-3-5-14-6-8-20(13-14)17-10-15(9-16(18)11-17)12-19-7-4-2/h9-11,14,19H,3-8,12-13H2,1-2H3. The van der Waals surface area contributed by atoms with Crippen LogP contribution in [0.1, 0.15) is 45.1 Å². The molecule has 0 aliphatic carbocycles. The van der Waals surface area contributed by atoms with Crippen LogP contribution in [-0.2, 0) is 6.54 Å². The molecule has 3 heteroatoms. The first-order chi connectivity index (χ1) is 9.72. The van der Waals surface area contributed by atoms with Gasteiger partial charge in [-0.3, -0.25) is 0 Å². The van der Waals surface area contributed by atoms with Gasteiger partial charge in [-0.15, -0.1) is 0 Å². The lowest BCUT2D eigenvalue weighted by atomic mass is 10.0. The Bertz CT molecular complexity index is 419. The molecule has 0 saturated carbocycles. The molecule has 112 valence electrons. The van der Waals surface area contributed by atoms with Crippen LogP contribution < -0.4 is 10.2 Å². The van der Waals surface area contributed by atoms with E-state index >= 15 is 0 Å². The maximum atomic E-state index is 13.8. The van der Waals surface area contributed by atoms with Gasteiger partial charge in [0.1, 0.15) is 5.82 Å². The summed E-state index contributed by atoms with van der Waals surface area (Å²) in [4.78, 5) is 2.34. The van der Waals surface area contributed by atoms with Crippen molar-refractivity contribution in [2.45, 2.75) is 46.1 Å². The molecular weight excluding hydrogens is 251 g/mol. The third kappa shape index (κ3) is 4.20. The predicted molar refractivity (Wildman–Crippen MR) is 83.6 cm³/mol. The number of nitrogens with one attached hydrogen (secondary N) is 1. The monoisotopic (exact) mass is 278 g/mol. The highest BCUT2D eigenvalue weighted by Gasteiger charge is 2.22. The van der Waals surface area contributed by atoms with Gasteiger partial charge < -0.3 is 10.2 Å². The Kier molecular flexibility index (Phi) is 5.84. The zero-order valence-corrected chi connectivity index (χ0v) is 12.8. The van der Waals surface area contributed by atoms with E-state index in [1.54, 1.807) is 12.1 Å². The van der Waals surface area contributed by atoms with Crippen molar-refractivity contribution in [3.63, 3.8) is 0 Å². The lowest BCUT2D eigenvalue weighted by Gasteiger charge is -2.20. The van der Waals surface area contributed by atoms with Crippen LogP contribution in [0.4, 0.5) is 10.1 Å². The Hall–Kier alpha value is -1.09. The molecule has 0 spiro atoms. The second-order valence-electron chi connectivity index (χ2n) is 5.88. The fourth-order valence-electron chi connectivity index (χ4n) is 3.04. The Labute approximate surface area is 122 Å². The van der Waals surface area contributed by atoms with Crippen LogP contribution in [0.25, 0.3) is 0 Å². The summed E-state index contributed by atoms with van der Waals surface area (Å²) >= 11 is 0. The van der Waals surface area contributed by atoms with Gasteiger partial charge in [0.2, 0.25) is 0 Å². The highest BCUT2D eigenvalue weighted by Crippen LogP contribution is 2.27. The minimum absolute atomic E-state index is 0.116. The van der Waals surface area contributed by atoms with Crippen LogP contribution >= 0.6 is 0 Å². The maximum absolute atomic E-state index is 13.8. The van der Waals surface area contributed by atoms with E-state index in [1.165, 1.54) is 19.3 Å². The zero-order chi connectivity index (χ0) is 14.4. The molecule has 1 N–H and O–H groups in total. The first-order valence-electron chi connectivity index (χ1n) is 7.98. The highest BCUT2D eigenvalue weighted by atomic mass is 19.1. The van der Waals surface area contributed by atoms with Crippen LogP contribution in [0.3, 0.4) is 0 Å². The average Bonchev–Trinajstić information content (AvgIpc) is 2.88. The van der Waals surface area contributed by atoms with Gasteiger partial charge in [0, 0.05) is 25.3 Å². The first kappa shape index (κ1) is 15.3. The number of halogens is 1. The second-order valence-corrected chi connectivity index (χ2v) is 5.88. The molecule has 0 radical (unpaired) electrons. The zero-order valence-electron chi connectivity index (χ0n) is 12.8. The van der Waals surface area contributed by atoms with Crippen molar-refractivity contribution in [3.8, 4) is 0 Å². The quantitative estimate of drug-likeness (QED) is 0.760. The fourth-order valence-corrected chi connectivity index (χ4v) is 3.04. The topological polar surface area (TPSA) is 15.3 Å². The first-order valence-corrected chi connectivity index (χ1v) is 7.98.